The molecule has 0 aliphatic carbocycles. The molecule has 2 N–H and O–H groups in total. The molecule has 9 heteroatoms. The van der Waals surface area contributed by atoms with Crippen LogP contribution >= 0.6 is 11.6 Å². The molecule has 0 amide bonds. The van der Waals surface area contributed by atoms with Crippen LogP contribution in [0.5, 0.6) is 5.75 Å². The van der Waals surface area contributed by atoms with Crippen molar-refractivity contribution in [3.63, 3.8) is 0 Å². The van der Waals surface area contributed by atoms with Gasteiger partial charge >= 0.3 is 0 Å². The van der Waals surface area contributed by atoms with Crippen LogP contribution in [-0.4, -0.2) is 50.7 Å². The molecule has 37 heavy (non-hydrogen) atoms. The zero-order valence-electron chi connectivity index (χ0n) is 21.1. The Bertz CT molecular complexity index is 1510. The van der Waals surface area contributed by atoms with E-state index in [9.17, 15) is 14.3 Å². The lowest BCUT2D eigenvalue weighted by atomic mass is 9.97. The summed E-state index contributed by atoms with van der Waals surface area (Å²) in [5.41, 5.74) is 3.57. The van der Waals surface area contributed by atoms with Gasteiger partial charge in [-0.05, 0) is 75.2 Å². The number of aromatic nitrogens is 3. The van der Waals surface area contributed by atoms with Crippen LogP contribution < -0.4 is 10.9 Å². The first-order valence-corrected chi connectivity index (χ1v) is 12.7. The number of phenols is 1. The van der Waals surface area contributed by atoms with Crippen LogP contribution in [-0.2, 0) is 6.54 Å². The molecule has 2 aromatic carbocycles. The average Bonchev–Trinajstić information content (AvgIpc) is 3.30. The van der Waals surface area contributed by atoms with Crippen molar-refractivity contribution in [2.45, 2.75) is 39.3 Å². The molecule has 2 aromatic heterocycles. The molecule has 0 spiro atoms. The summed E-state index contributed by atoms with van der Waals surface area (Å²) in [5.74, 6) is -0.575. The Morgan fingerprint density at radius 2 is 2.03 bits per heavy atom. The SMILES string of the molecule is Cc1cc(Cl)cc(-c2cnc3nc(C)n(-c4cc(O)cc(F)c4)c(=O)c3c2CN(C)C[C@@H]2CCCN2)c1. The number of aryl methyl sites for hydroxylation is 2. The van der Waals surface area contributed by atoms with Crippen molar-refractivity contribution >= 4 is 22.6 Å². The van der Waals surface area contributed by atoms with E-state index in [0.717, 1.165) is 54.3 Å². The summed E-state index contributed by atoms with van der Waals surface area (Å²) in [5, 5.41) is 14.5. The Morgan fingerprint density at radius 3 is 2.73 bits per heavy atom. The van der Waals surface area contributed by atoms with Crippen LogP contribution in [0.25, 0.3) is 27.8 Å². The van der Waals surface area contributed by atoms with Gasteiger partial charge in [-0.2, -0.15) is 0 Å². The number of pyridine rings is 1. The third-order valence-electron chi connectivity index (χ3n) is 6.78. The average molecular weight is 522 g/mol. The normalized spacial score (nSPS) is 15.7. The number of phenolic OH excluding ortho intramolecular Hbond substituents is 1. The standard InChI is InChI=1S/C28H29ClFN5O2/c1-16-7-18(9-19(29)8-16)24-13-32-27-26(25(24)15-34(3)14-21-5-4-6-31-21)28(37)35(17(2)33-27)22-10-20(30)11-23(36)12-22/h7-13,21,31,36H,4-6,14-15H2,1-3H3/t21-/m0/s1. The van der Waals surface area contributed by atoms with Gasteiger partial charge in [0.25, 0.3) is 5.56 Å². The quantitative estimate of drug-likeness (QED) is 0.381. The van der Waals surface area contributed by atoms with Gasteiger partial charge in [0.1, 0.15) is 17.4 Å². The van der Waals surface area contributed by atoms with E-state index < -0.39 is 5.82 Å². The molecule has 0 saturated carbocycles. The fourth-order valence-corrected chi connectivity index (χ4v) is 5.52. The van der Waals surface area contributed by atoms with E-state index in [1.807, 2.05) is 32.2 Å². The summed E-state index contributed by atoms with van der Waals surface area (Å²) in [6.45, 7) is 5.94. The zero-order chi connectivity index (χ0) is 26.3. The van der Waals surface area contributed by atoms with E-state index in [1.165, 1.54) is 16.7 Å². The molecule has 0 bridgehead atoms. The van der Waals surface area contributed by atoms with E-state index in [0.29, 0.717) is 34.5 Å². The van der Waals surface area contributed by atoms with E-state index in [-0.39, 0.29) is 17.0 Å². The van der Waals surface area contributed by atoms with Crippen LogP contribution in [0.4, 0.5) is 4.39 Å². The second-order valence-electron chi connectivity index (χ2n) is 9.82. The maximum Gasteiger partial charge on any atom is 0.267 e. The van der Waals surface area contributed by atoms with Crippen LogP contribution in [0.3, 0.4) is 0 Å². The summed E-state index contributed by atoms with van der Waals surface area (Å²) in [7, 11) is 2.03. The highest BCUT2D eigenvalue weighted by molar-refractivity contribution is 6.31. The molecule has 192 valence electrons. The molecule has 1 fully saturated rings. The fourth-order valence-electron chi connectivity index (χ4n) is 5.23. The summed E-state index contributed by atoms with van der Waals surface area (Å²) in [4.78, 5) is 25.4. The number of hydrogen-bond donors (Lipinski definition) is 2. The molecule has 0 radical (unpaired) electrons. The highest BCUT2D eigenvalue weighted by Gasteiger charge is 2.22. The smallest absolute Gasteiger partial charge is 0.267 e. The number of nitrogens with zero attached hydrogens (tertiary/aromatic N) is 4. The Morgan fingerprint density at radius 1 is 1.22 bits per heavy atom. The molecule has 1 atom stereocenters. The topological polar surface area (TPSA) is 83.3 Å². The van der Waals surface area contributed by atoms with Crippen molar-refractivity contribution in [3.8, 4) is 22.6 Å². The molecule has 3 heterocycles. The fraction of sp³-hybridized carbons (Fsp3) is 0.321. The van der Waals surface area contributed by atoms with Gasteiger partial charge < -0.3 is 15.3 Å². The maximum atomic E-state index is 14.2. The minimum Gasteiger partial charge on any atom is -0.508 e. The number of aromatic hydroxyl groups is 1. The van der Waals surface area contributed by atoms with Gasteiger partial charge in [-0.1, -0.05) is 17.7 Å². The van der Waals surface area contributed by atoms with Crippen LogP contribution in [0.2, 0.25) is 5.02 Å². The monoisotopic (exact) mass is 521 g/mol. The minimum atomic E-state index is -0.647. The first-order valence-electron chi connectivity index (χ1n) is 12.3. The number of likely N-dealkylation sites (N-methyl/N-ethyl adjacent to an activating group) is 1. The first-order chi connectivity index (χ1) is 17.7. The maximum absolute atomic E-state index is 14.2. The summed E-state index contributed by atoms with van der Waals surface area (Å²) in [6, 6.07) is 9.70. The van der Waals surface area contributed by atoms with Crippen LogP contribution in [0.15, 0.2) is 47.4 Å². The lowest BCUT2D eigenvalue weighted by Crippen LogP contribution is -2.35. The van der Waals surface area contributed by atoms with Gasteiger partial charge in [0, 0.05) is 48.0 Å². The molecule has 5 rings (SSSR count). The molecular weight excluding hydrogens is 493 g/mol. The third-order valence-corrected chi connectivity index (χ3v) is 6.99. The van der Waals surface area contributed by atoms with E-state index in [4.69, 9.17) is 11.6 Å². The second-order valence-corrected chi connectivity index (χ2v) is 10.3. The Balaban J connectivity index is 1.74. The highest BCUT2D eigenvalue weighted by Crippen LogP contribution is 2.31. The Hall–Kier alpha value is -3.33. The predicted molar refractivity (Wildman–Crippen MR) is 144 cm³/mol. The van der Waals surface area contributed by atoms with Gasteiger partial charge in [0.15, 0.2) is 5.65 Å². The van der Waals surface area contributed by atoms with Crippen molar-refractivity contribution in [2.24, 2.45) is 0 Å². The number of nitrogens with one attached hydrogen (secondary N) is 1. The molecule has 1 aliphatic rings. The number of rotatable bonds is 6. The molecule has 1 aliphatic heterocycles. The van der Waals surface area contributed by atoms with Gasteiger partial charge in [0.05, 0.1) is 11.1 Å². The zero-order valence-corrected chi connectivity index (χ0v) is 21.8. The lowest BCUT2D eigenvalue weighted by molar-refractivity contribution is 0.294. The lowest BCUT2D eigenvalue weighted by Gasteiger charge is -2.23. The molecule has 0 unspecified atom stereocenters. The Labute approximate surface area is 219 Å². The largest absolute Gasteiger partial charge is 0.508 e. The minimum absolute atomic E-state index is 0.202. The van der Waals surface area contributed by atoms with Crippen molar-refractivity contribution in [3.05, 3.63) is 80.7 Å². The summed E-state index contributed by atoms with van der Waals surface area (Å²) in [6.07, 6.45) is 4.01. The van der Waals surface area contributed by atoms with E-state index in [2.05, 4.69) is 20.2 Å². The number of fused-ring (bicyclic) bond motifs is 1. The van der Waals surface area contributed by atoms with Crippen molar-refractivity contribution in [2.75, 3.05) is 20.1 Å². The van der Waals surface area contributed by atoms with Gasteiger partial charge in [0.2, 0.25) is 0 Å². The third kappa shape index (κ3) is 5.23. The Kier molecular flexibility index (Phi) is 6.98. The first kappa shape index (κ1) is 25.3. The molecule has 7 nitrogen and oxygen atoms in total. The highest BCUT2D eigenvalue weighted by atomic mass is 35.5. The van der Waals surface area contributed by atoms with Gasteiger partial charge in [-0.15, -0.1) is 0 Å². The van der Waals surface area contributed by atoms with Crippen molar-refractivity contribution < 1.29 is 9.50 Å². The molecular formula is C28H29ClFN5O2. The number of halogens is 2. The molecule has 4 aromatic rings. The summed E-state index contributed by atoms with van der Waals surface area (Å²) < 4.78 is 15.5. The van der Waals surface area contributed by atoms with Gasteiger partial charge in [-0.25, -0.2) is 14.4 Å². The van der Waals surface area contributed by atoms with Crippen molar-refractivity contribution in [1.29, 1.82) is 0 Å². The van der Waals surface area contributed by atoms with E-state index in [1.54, 1.807) is 13.1 Å². The number of hydrogen-bond acceptors (Lipinski definition) is 6. The van der Waals surface area contributed by atoms with Gasteiger partial charge in [-0.3, -0.25) is 9.36 Å². The van der Waals surface area contributed by atoms with Crippen LogP contribution in [0, 0.1) is 19.7 Å². The predicted octanol–water partition coefficient (Wildman–Crippen LogP) is 4.75. The van der Waals surface area contributed by atoms with Crippen LogP contribution in [0.1, 0.15) is 29.8 Å². The number of benzene rings is 2. The molecule has 1 saturated heterocycles. The summed E-state index contributed by atoms with van der Waals surface area (Å²) >= 11 is 6.40. The van der Waals surface area contributed by atoms with E-state index >= 15 is 0 Å². The van der Waals surface area contributed by atoms with Crippen molar-refractivity contribution in [1.82, 2.24) is 24.8 Å². The second kappa shape index (κ2) is 10.2.